The lowest BCUT2D eigenvalue weighted by Crippen LogP contribution is -1.89. The Bertz CT molecular complexity index is 292. The van der Waals surface area contributed by atoms with E-state index < -0.39 is 0 Å². The van der Waals surface area contributed by atoms with E-state index in [0.29, 0.717) is 0 Å². The van der Waals surface area contributed by atoms with Gasteiger partial charge in [0, 0.05) is 10.6 Å². The van der Waals surface area contributed by atoms with Crippen molar-refractivity contribution in [1.29, 1.82) is 0 Å². The van der Waals surface area contributed by atoms with Crippen molar-refractivity contribution in [3.05, 3.63) is 35.9 Å². The molecule has 14 heavy (non-hydrogen) atoms. The quantitative estimate of drug-likeness (QED) is 0.356. The van der Waals surface area contributed by atoms with Crippen LogP contribution in [0.3, 0.4) is 0 Å². The van der Waals surface area contributed by atoms with E-state index in [1.807, 2.05) is 24.3 Å². The summed E-state index contributed by atoms with van der Waals surface area (Å²) in [6.45, 7) is 3.68. The molecule has 0 saturated carbocycles. The zero-order valence-electron chi connectivity index (χ0n) is 8.00. The van der Waals surface area contributed by atoms with Gasteiger partial charge in [-0.15, -0.1) is 18.3 Å². The molecule has 0 atom stereocenters. The summed E-state index contributed by atoms with van der Waals surface area (Å²) in [5.74, 6) is 1.03. The van der Waals surface area contributed by atoms with Crippen LogP contribution >= 0.6 is 23.4 Å². The Labute approximate surface area is 94.3 Å². The number of nitrogens with two attached hydrogens (primary N) is 1. The first-order valence-electron chi connectivity index (χ1n) is 4.53. The maximum Gasteiger partial charge on any atom is 0.0562 e. The third kappa shape index (κ3) is 3.28. The first-order valence-corrected chi connectivity index (χ1v) is 5.89. The van der Waals surface area contributed by atoms with Gasteiger partial charge in [0.2, 0.25) is 0 Å². The lowest BCUT2D eigenvalue weighted by atomic mass is 10.3. The molecule has 0 bridgehead atoms. The Morgan fingerprint density at radius 1 is 1.50 bits per heavy atom. The van der Waals surface area contributed by atoms with Gasteiger partial charge in [-0.05, 0) is 30.7 Å². The molecule has 1 aromatic carbocycles. The molecule has 1 rings (SSSR count). The van der Waals surface area contributed by atoms with Crippen LogP contribution in [0.15, 0.2) is 35.7 Å². The minimum Gasteiger partial charge on any atom is -0.398 e. The molecule has 0 unspecified atom stereocenters. The smallest absolute Gasteiger partial charge is 0.0562 e. The van der Waals surface area contributed by atoms with Crippen LogP contribution in [0.2, 0.25) is 5.02 Å². The fourth-order valence-electron chi connectivity index (χ4n) is 1.08. The Kier molecular flexibility index (Phi) is 4.91. The lowest BCUT2D eigenvalue weighted by Gasteiger charge is -2.06. The highest BCUT2D eigenvalue weighted by molar-refractivity contribution is 7.99. The second-order valence-electron chi connectivity index (χ2n) is 2.94. The third-order valence-electron chi connectivity index (χ3n) is 1.80. The molecule has 0 fully saturated rings. The summed E-state index contributed by atoms with van der Waals surface area (Å²) in [5, 5.41) is 0.744. The van der Waals surface area contributed by atoms with E-state index in [4.69, 9.17) is 17.3 Å². The highest BCUT2D eigenvalue weighted by Crippen LogP contribution is 2.32. The van der Waals surface area contributed by atoms with Crippen LogP contribution in [0, 0.1) is 0 Å². The minimum absolute atomic E-state index is 0.744. The van der Waals surface area contributed by atoms with Crippen molar-refractivity contribution in [3.63, 3.8) is 0 Å². The normalized spacial score (nSPS) is 10.1. The summed E-state index contributed by atoms with van der Waals surface area (Å²) in [5.41, 5.74) is 6.58. The summed E-state index contributed by atoms with van der Waals surface area (Å²) in [6, 6.07) is 5.61. The summed E-state index contributed by atoms with van der Waals surface area (Å²) in [7, 11) is 0. The maximum atomic E-state index is 6.02. The van der Waals surface area contributed by atoms with Crippen molar-refractivity contribution < 1.29 is 0 Å². The predicted molar refractivity (Wildman–Crippen MR) is 66.0 cm³/mol. The molecule has 0 aliphatic carbocycles. The largest absolute Gasteiger partial charge is 0.398 e. The van der Waals surface area contributed by atoms with Gasteiger partial charge < -0.3 is 5.73 Å². The maximum absolute atomic E-state index is 6.02. The van der Waals surface area contributed by atoms with Gasteiger partial charge in [-0.3, -0.25) is 0 Å². The highest BCUT2D eigenvalue weighted by Gasteiger charge is 2.03. The molecule has 0 aliphatic rings. The Morgan fingerprint density at radius 2 is 2.29 bits per heavy atom. The first kappa shape index (κ1) is 11.5. The molecule has 0 radical (unpaired) electrons. The molecule has 3 heteroatoms. The van der Waals surface area contributed by atoms with Crippen LogP contribution in [0.5, 0.6) is 0 Å². The highest BCUT2D eigenvalue weighted by atomic mass is 35.5. The summed E-state index contributed by atoms with van der Waals surface area (Å²) < 4.78 is 0. The van der Waals surface area contributed by atoms with Crippen molar-refractivity contribution in [2.24, 2.45) is 0 Å². The number of halogens is 1. The molecule has 2 N–H and O–H groups in total. The number of rotatable bonds is 5. The number of allylic oxidation sites excluding steroid dienone is 1. The van der Waals surface area contributed by atoms with Gasteiger partial charge in [-0.25, -0.2) is 0 Å². The van der Waals surface area contributed by atoms with E-state index >= 15 is 0 Å². The predicted octanol–water partition coefficient (Wildman–Crippen LogP) is 3.98. The topological polar surface area (TPSA) is 26.0 Å². The third-order valence-corrected chi connectivity index (χ3v) is 3.46. The van der Waals surface area contributed by atoms with Gasteiger partial charge in [-0.1, -0.05) is 23.7 Å². The average molecular weight is 228 g/mol. The van der Waals surface area contributed by atoms with Gasteiger partial charge in [0.25, 0.3) is 0 Å². The number of thioether (sulfide) groups is 1. The number of unbranched alkanes of at least 4 members (excludes halogenated alkanes) is 1. The van der Waals surface area contributed by atoms with Gasteiger partial charge in [0.05, 0.1) is 5.02 Å². The number of anilines is 1. The van der Waals surface area contributed by atoms with Crippen molar-refractivity contribution in [1.82, 2.24) is 0 Å². The van der Waals surface area contributed by atoms with E-state index in [1.165, 1.54) is 0 Å². The number of nitrogen functional groups attached to an aromatic ring is 1. The molecule has 1 nitrogen and oxygen atoms in total. The Balaban J connectivity index is 2.53. The fraction of sp³-hybridized carbons (Fsp3) is 0.273. The SMILES string of the molecule is C=CCCCSc1c(N)cccc1Cl. The van der Waals surface area contributed by atoms with Crippen molar-refractivity contribution in [3.8, 4) is 0 Å². The summed E-state index contributed by atoms with van der Waals surface area (Å²) in [4.78, 5) is 0.998. The van der Waals surface area contributed by atoms with Gasteiger partial charge in [0.15, 0.2) is 0 Å². The van der Waals surface area contributed by atoms with Crippen LogP contribution in [0.25, 0.3) is 0 Å². The van der Waals surface area contributed by atoms with Crippen molar-refractivity contribution in [2.45, 2.75) is 17.7 Å². The van der Waals surface area contributed by atoms with Crippen LogP contribution in [-0.2, 0) is 0 Å². The minimum atomic E-state index is 0.744. The Hall–Kier alpha value is -0.600. The van der Waals surface area contributed by atoms with E-state index in [1.54, 1.807) is 11.8 Å². The molecule has 0 aromatic heterocycles. The zero-order chi connectivity index (χ0) is 10.4. The number of benzene rings is 1. The van der Waals surface area contributed by atoms with Crippen LogP contribution < -0.4 is 5.73 Å². The van der Waals surface area contributed by atoms with Gasteiger partial charge in [0.1, 0.15) is 0 Å². The number of hydrogen-bond acceptors (Lipinski definition) is 2. The second-order valence-corrected chi connectivity index (χ2v) is 4.45. The molecular weight excluding hydrogens is 214 g/mol. The van der Waals surface area contributed by atoms with Gasteiger partial charge in [-0.2, -0.15) is 0 Å². The molecule has 0 saturated heterocycles. The van der Waals surface area contributed by atoms with Gasteiger partial charge >= 0.3 is 0 Å². The molecule has 1 aromatic rings. The van der Waals surface area contributed by atoms with E-state index in [-0.39, 0.29) is 0 Å². The van der Waals surface area contributed by atoms with Crippen molar-refractivity contribution in [2.75, 3.05) is 11.5 Å². The zero-order valence-corrected chi connectivity index (χ0v) is 9.57. The first-order chi connectivity index (χ1) is 6.75. The lowest BCUT2D eigenvalue weighted by molar-refractivity contribution is 0.974. The van der Waals surface area contributed by atoms with Crippen LogP contribution in [0.1, 0.15) is 12.8 Å². The summed E-state index contributed by atoms with van der Waals surface area (Å²) in [6.07, 6.45) is 4.08. The molecule has 76 valence electrons. The Morgan fingerprint density at radius 3 is 2.93 bits per heavy atom. The summed E-state index contributed by atoms with van der Waals surface area (Å²) >= 11 is 7.73. The van der Waals surface area contributed by atoms with Crippen molar-refractivity contribution >= 4 is 29.1 Å². The molecular formula is C11H14ClNS. The average Bonchev–Trinajstić information content (AvgIpc) is 2.16. The van der Waals surface area contributed by atoms with E-state index in [9.17, 15) is 0 Å². The van der Waals surface area contributed by atoms with Crippen LogP contribution in [-0.4, -0.2) is 5.75 Å². The molecule has 0 aliphatic heterocycles. The molecule has 0 spiro atoms. The van der Waals surface area contributed by atoms with E-state index in [2.05, 4.69) is 6.58 Å². The monoisotopic (exact) mass is 227 g/mol. The van der Waals surface area contributed by atoms with E-state index in [0.717, 1.165) is 34.2 Å². The van der Waals surface area contributed by atoms with Crippen LogP contribution in [0.4, 0.5) is 5.69 Å². The molecule has 0 amide bonds. The number of hydrogen-bond donors (Lipinski definition) is 1. The standard InChI is InChI=1S/C11H14ClNS/c1-2-3-4-8-14-11-9(12)6-5-7-10(11)13/h2,5-7H,1,3-4,8,13H2. The molecule has 0 heterocycles. The fourth-order valence-corrected chi connectivity index (χ4v) is 2.38. The second kappa shape index (κ2) is 5.99.